The summed E-state index contributed by atoms with van der Waals surface area (Å²) in [6.45, 7) is -1.01. The number of nitro benzene ring substituents is 3. The van der Waals surface area contributed by atoms with Crippen LogP contribution in [0.25, 0.3) is 0 Å². The number of benzene rings is 1. The second-order valence-electron chi connectivity index (χ2n) is 3.30. The normalized spacial score (nSPS) is 9.80. The Morgan fingerprint density at radius 1 is 0.850 bits per heavy atom. The summed E-state index contributed by atoms with van der Waals surface area (Å²) in [6, 6.07) is 0.963. The molecule has 13 heteroatoms. The van der Waals surface area contributed by atoms with E-state index in [1.807, 2.05) is 5.32 Å². The van der Waals surface area contributed by atoms with Crippen LogP contribution in [-0.4, -0.2) is 26.4 Å². The first-order valence-electron chi connectivity index (χ1n) is 4.71. The van der Waals surface area contributed by atoms with Crippen LogP contribution in [0, 0.1) is 40.5 Å². The molecule has 0 bridgehead atoms. The van der Waals surface area contributed by atoms with Gasteiger partial charge in [-0.15, -0.1) is 0 Å². The molecule has 20 heavy (non-hydrogen) atoms. The topological polar surface area (TPSA) is 185 Å². The highest BCUT2D eigenvalue weighted by Crippen LogP contribution is 2.38. The summed E-state index contributed by atoms with van der Waals surface area (Å²) in [5.74, 6) is 0. The highest BCUT2D eigenvalue weighted by Gasteiger charge is 2.31. The average molecular weight is 287 g/mol. The van der Waals surface area contributed by atoms with Gasteiger partial charge in [-0.25, -0.2) is 0 Å². The predicted molar refractivity (Wildman–Crippen MR) is 61.9 cm³/mol. The van der Waals surface area contributed by atoms with Crippen LogP contribution in [0.15, 0.2) is 12.1 Å². The van der Waals surface area contributed by atoms with Crippen LogP contribution in [0.5, 0.6) is 0 Å². The molecule has 13 nitrogen and oxygen atoms in total. The highest BCUT2D eigenvalue weighted by molar-refractivity contribution is 5.76. The van der Waals surface area contributed by atoms with Gasteiger partial charge in [-0.3, -0.25) is 40.5 Å². The first-order valence-corrected chi connectivity index (χ1v) is 4.71. The van der Waals surface area contributed by atoms with Gasteiger partial charge < -0.3 is 5.32 Å². The van der Waals surface area contributed by atoms with Gasteiger partial charge in [-0.2, -0.15) is 0 Å². The molecule has 0 aliphatic rings. The van der Waals surface area contributed by atoms with Crippen molar-refractivity contribution >= 4 is 22.7 Å². The molecule has 1 aromatic rings. The van der Waals surface area contributed by atoms with Crippen molar-refractivity contribution in [1.29, 1.82) is 0 Å². The fraction of sp³-hybridized carbons (Fsp3) is 0.143. The minimum absolute atomic E-state index is 0.481. The third-order valence-corrected chi connectivity index (χ3v) is 2.07. The maximum absolute atomic E-state index is 10.8. The summed E-state index contributed by atoms with van der Waals surface area (Å²) in [5.41, 5.74) is -3.61. The lowest BCUT2D eigenvalue weighted by Crippen LogP contribution is -2.14. The molecule has 0 saturated carbocycles. The van der Waals surface area contributed by atoms with E-state index < -0.39 is 49.1 Å². The number of nitrogens with one attached hydrogen (secondary N) is 1. The van der Waals surface area contributed by atoms with Crippen LogP contribution in [0.1, 0.15) is 0 Å². The van der Waals surface area contributed by atoms with E-state index in [4.69, 9.17) is 0 Å². The van der Waals surface area contributed by atoms with Crippen LogP contribution < -0.4 is 5.32 Å². The molecule has 0 aliphatic heterocycles. The molecular formula is C7H5N5O8. The van der Waals surface area contributed by atoms with Gasteiger partial charge in [0.2, 0.25) is 0 Å². The Morgan fingerprint density at radius 2 is 1.30 bits per heavy atom. The molecule has 0 amide bonds. The number of anilines is 1. The number of hydrogen-bond acceptors (Lipinski definition) is 9. The third-order valence-electron chi connectivity index (χ3n) is 2.07. The lowest BCUT2D eigenvalue weighted by Gasteiger charge is -2.04. The molecule has 0 unspecified atom stereocenters. The first kappa shape index (κ1) is 14.7. The fourth-order valence-corrected chi connectivity index (χ4v) is 1.32. The Kier molecular flexibility index (Phi) is 4.04. The molecule has 0 fully saturated rings. The van der Waals surface area contributed by atoms with E-state index in [-0.39, 0.29) is 0 Å². The van der Waals surface area contributed by atoms with E-state index in [9.17, 15) is 40.5 Å². The zero-order valence-corrected chi connectivity index (χ0v) is 9.42. The Hall–Kier alpha value is -3.38. The monoisotopic (exact) mass is 287 g/mol. The van der Waals surface area contributed by atoms with E-state index in [2.05, 4.69) is 0 Å². The second kappa shape index (κ2) is 5.51. The van der Waals surface area contributed by atoms with Gasteiger partial charge in [0.25, 0.3) is 12.4 Å². The van der Waals surface area contributed by atoms with Crippen molar-refractivity contribution < 1.29 is 19.7 Å². The van der Waals surface area contributed by atoms with E-state index in [1.165, 1.54) is 0 Å². The molecule has 0 radical (unpaired) electrons. The average Bonchev–Trinajstić information content (AvgIpc) is 2.34. The molecule has 106 valence electrons. The van der Waals surface area contributed by atoms with Gasteiger partial charge in [0.1, 0.15) is 0 Å². The Balaban J connectivity index is 3.50. The minimum atomic E-state index is -1.11. The highest BCUT2D eigenvalue weighted by atomic mass is 16.6. The summed E-state index contributed by atoms with van der Waals surface area (Å²) in [7, 11) is 0. The molecule has 1 N–H and O–H groups in total. The lowest BCUT2D eigenvalue weighted by molar-refractivity contribution is -0.473. The second-order valence-corrected chi connectivity index (χ2v) is 3.30. The van der Waals surface area contributed by atoms with Crippen molar-refractivity contribution in [1.82, 2.24) is 0 Å². The van der Waals surface area contributed by atoms with Crippen molar-refractivity contribution in [3.63, 3.8) is 0 Å². The SMILES string of the molecule is O=[N+]([O-])CNc1c([N+](=O)[O-])cc([N+](=O)[O-])cc1[N+](=O)[O-]. The molecule has 1 rings (SSSR count). The van der Waals surface area contributed by atoms with E-state index >= 15 is 0 Å². The molecule has 1 aromatic carbocycles. The number of non-ortho nitro benzene ring substituents is 1. The van der Waals surface area contributed by atoms with Crippen LogP contribution in [0.2, 0.25) is 0 Å². The van der Waals surface area contributed by atoms with E-state index in [0.717, 1.165) is 0 Å². The maximum atomic E-state index is 10.8. The van der Waals surface area contributed by atoms with Gasteiger partial charge in [0, 0.05) is 4.92 Å². The zero-order chi connectivity index (χ0) is 15.4. The summed E-state index contributed by atoms with van der Waals surface area (Å²) >= 11 is 0. The summed E-state index contributed by atoms with van der Waals surface area (Å²) in [6.07, 6.45) is 0. The smallest absolute Gasteiger partial charge is 0.306 e. The van der Waals surface area contributed by atoms with Crippen LogP contribution in [0.4, 0.5) is 22.7 Å². The van der Waals surface area contributed by atoms with Gasteiger partial charge in [0.05, 0.1) is 26.9 Å². The standard InChI is InChI=1S/C7H5N5O8/c13-9(14)3-8-7-5(11(17)18)1-4(10(15)16)2-6(7)12(19)20/h1-2,8H,3H2. The quantitative estimate of drug-likeness (QED) is 0.453. The molecular weight excluding hydrogens is 282 g/mol. The Morgan fingerprint density at radius 3 is 1.60 bits per heavy atom. The summed E-state index contributed by atoms with van der Waals surface area (Å²) in [5, 5.41) is 44.2. The summed E-state index contributed by atoms with van der Waals surface area (Å²) in [4.78, 5) is 38.1. The Labute approximate surface area is 108 Å². The van der Waals surface area contributed by atoms with Crippen molar-refractivity contribution in [2.75, 3.05) is 12.0 Å². The fourth-order valence-electron chi connectivity index (χ4n) is 1.32. The van der Waals surface area contributed by atoms with Gasteiger partial charge in [-0.1, -0.05) is 0 Å². The van der Waals surface area contributed by atoms with Crippen molar-refractivity contribution in [2.24, 2.45) is 0 Å². The van der Waals surface area contributed by atoms with Gasteiger partial charge in [-0.05, 0) is 0 Å². The molecule has 0 aromatic heterocycles. The van der Waals surface area contributed by atoms with Crippen LogP contribution >= 0.6 is 0 Å². The van der Waals surface area contributed by atoms with E-state index in [0.29, 0.717) is 12.1 Å². The van der Waals surface area contributed by atoms with Crippen LogP contribution in [0.3, 0.4) is 0 Å². The van der Waals surface area contributed by atoms with Gasteiger partial charge in [0.15, 0.2) is 5.69 Å². The molecule has 0 heterocycles. The number of nitro groups is 4. The molecule has 0 atom stereocenters. The largest absolute Gasteiger partial charge is 0.315 e. The zero-order valence-electron chi connectivity index (χ0n) is 9.42. The van der Waals surface area contributed by atoms with Gasteiger partial charge >= 0.3 is 11.4 Å². The minimum Gasteiger partial charge on any atom is -0.315 e. The number of rotatable bonds is 6. The molecule has 0 aliphatic carbocycles. The van der Waals surface area contributed by atoms with E-state index in [1.54, 1.807) is 0 Å². The van der Waals surface area contributed by atoms with Crippen molar-refractivity contribution in [2.45, 2.75) is 0 Å². The van der Waals surface area contributed by atoms with Crippen LogP contribution in [-0.2, 0) is 0 Å². The molecule has 0 saturated heterocycles. The summed E-state index contributed by atoms with van der Waals surface area (Å²) < 4.78 is 0. The number of hydrogen-bond donors (Lipinski definition) is 1. The van der Waals surface area contributed by atoms with Crippen molar-refractivity contribution in [3.05, 3.63) is 52.6 Å². The maximum Gasteiger partial charge on any atom is 0.306 e. The Bertz CT molecular complexity index is 578. The predicted octanol–water partition coefficient (Wildman–Crippen LogP) is 1.06. The molecule has 0 spiro atoms. The first-order chi connectivity index (χ1) is 9.23. The number of nitrogens with zero attached hydrogens (tertiary/aromatic N) is 4. The lowest BCUT2D eigenvalue weighted by atomic mass is 10.2. The third kappa shape index (κ3) is 3.09. The van der Waals surface area contributed by atoms with Crippen molar-refractivity contribution in [3.8, 4) is 0 Å².